The molecule has 0 saturated heterocycles. The molecule has 1 N–H and O–H groups in total. The van der Waals surface area contributed by atoms with Crippen molar-refractivity contribution < 1.29 is 8.78 Å². The fraction of sp³-hybridized carbons (Fsp3) is 0.222. The molecule has 0 aliphatic heterocycles. The maximum Gasteiger partial charge on any atom is 0.180 e. The van der Waals surface area contributed by atoms with Gasteiger partial charge in [-0.25, -0.2) is 13.8 Å². The average Bonchev–Trinajstić information content (AvgIpc) is 3.13. The lowest BCUT2D eigenvalue weighted by Gasteiger charge is -2.32. The molecule has 3 nitrogen and oxygen atoms in total. The topological polar surface area (TPSA) is 41.6 Å². The number of rotatable bonds is 5. The Morgan fingerprint density at radius 2 is 1.88 bits per heavy atom. The Labute approximate surface area is 154 Å². The first kappa shape index (κ1) is 17.8. The van der Waals surface area contributed by atoms with Crippen molar-refractivity contribution in [1.29, 1.82) is 0 Å². The molecule has 0 spiro atoms. The number of halogens is 4. The normalized spacial score (nSPS) is 14.9. The third kappa shape index (κ3) is 3.39. The van der Waals surface area contributed by atoms with Gasteiger partial charge >= 0.3 is 0 Å². The zero-order chi connectivity index (χ0) is 18.0. The summed E-state index contributed by atoms with van der Waals surface area (Å²) in [5.41, 5.74) is -0.795. The fourth-order valence-electron chi connectivity index (χ4n) is 3.00. The Bertz CT molecular complexity index is 853. The summed E-state index contributed by atoms with van der Waals surface area (Å²) in [5.74, 6) is -1.11. The number of benzene rings is 2. The van der Waals surface area contributed by atoms with Gasteiger partial charge < -0.3 is 0 Å². The van der Waals surface area contributed by atoms with Crippen LogP contribution in [0.4, 0.5) is 8.78 Å². The highest BCUT2D eigenvalue weighted by Crippen LogP contribution is 2.48. The van der Waals surface area contributed by atoms with Crippen molar-refractivity contribution >= 4 is 23.2 Å². The summed E-state index contributed by atoms with van der Waals surface area (Å²) in [4.78, 5) is 4.01. The molecule has 0 fully saturated rings. The number of nitrogens with zero attached hydrogens (tertiary/aromatic N) is 2. The van der Waals surface area contributed by atoms with Crippen molar-refractivity contribution in [2.24, 2.45) is 0 Å². The number of hydrogen-bond acceptors (Lipinski definition) is 2. The van der Waals surface area contributed by atoms with Crippen LogP contribution >= 0.6 is 23.2 Å². The van der Waals surface area contributed by atoms with Crippen LogP contribution in [0.15, 0.2) is 48.8 Å². The number of alkyl halides is 1. The lowest BCUT2D eigenvalue weighted by molar-refractivity contribution is 0.121. The zero-order valence-corrected chi connectivity index (χ0v) is 14.8. The highest BCUT2D eigenvalue weighted by atomic mass is 35.5. The van der Waals surface area contributed by atoms with Gasteiger partial charge in [0.05, 0.1) is 5.92 Å². The largest absolute Gasteiger partial charge is 0.261 e. The van der Waals surface area contributed by atoms with Gasteiger partial charge in [0.1, 0.15) is 12.1 Å². The van der Waals surface area contributed by atoms with Crippen LogP contribution in [0.25, 0.3) is 0 Å². The van der Waals surface area contributed by atoms with Crippen LogP contribution < -0.4 is 0 Å². The summed E-state index contributed by atoms with van der Waals surface area (Å²) < 4.78 is 29.6. The van der Waals surface area contributed by atoms with Crippen molar-refractivity contribution in [2.75, 3.05) is 0 Å². The summed E-state index contributed by atoms with van der Waals surface area (Å²) >= 11 is 12.3. The van der Waals surface area contributed by atoms with Gasteiger partial charge in [-0.15, -0.1) is 0 Å². The van der Waals surface area contributed by atoms with Crippen molar-refractivity contribution in [3.63, 3.8) is 0 Å². The summed E-state index contributed by atoms with van der Waals surface area (Å²) in [7, 11) is 0. The summed E-state index contributed by atoms with van der Waals surface area (Å²) in [6.45, 7) is 1.71. The number of nitrogens with one attached hydrogen (secondary N) is 1. The molecule has 25 heavy (non-hydrogen) atoms. The minimum atomic E-state index is -1.91. The van der Waals surface area contributed by atoms with E-state index >= 15 is 4.39 Å². The van der Waals surface area contributed by atoms with Crippen molar-refractivity contribution in [1.82, 2.24) is 15.2 Å². The predicted octanol–water partition coefficient (Wildman–Crippen LogP) is 5.66. The molecule has 2 atom stereocenters. The van der Waals surface area contributed by atoms with Gasteiger partial charge in [0.2, 0.25) is 0 Å². The SMILES string of the molecule is CCC(F)(c1ncn[nH]1)C(c1ccc(F)cc1)c1ccc(Cl)cc1Cl. The van der Waals surface area contributed by atoms with E-state index < -0.39 is 17.4 Å². The molecular formula is C18H15Cl2F2N3. The smallest absolute Gasteiger partial charge is 0.180 e. The van der Waals surface area contributed by atoms with Gasteiger partial charge in [0, 0.05) is 10.0 Å². The monoisotopic (exact) mass is 381 g/mol. The number of aromatic nitrogens is 3. The average molecular weight is 382 g/mol. The Morgan fingerprint density at radius 1 is 1.16 bits per heavy atom. The predicted molar refractivity (Wildman–Crippen MR) is 94.2 cm³/mol. The zero-order valence-electron chi connectivity index (χ0n) is 13.3. The standard InChI is InChI=1S/C18H15Cl2F2N3/c1-2-18(22,17-23-10-24-25-17)16(11-3-6-13(21)7-4-11)14-8-5-12(19)9-15(14)20/h3-10,16H,2H2,1H3,(H,23,24,25). The summed E-state index contributed by atoms with van der Waals surface area (Å²) in [6.07, 6.45) is 1.37. The molecule has 1 heterocycles. The van der Waals surface area contributed by atoms with Crippen molar-refractivity contribution in [2.45, 2.75) is 24.9 Å². The molecule has 3 rings (SSSR count). The molecule has 0 radical (unpaired) electrons. The van der Waals surface area contributed by atoms with E-state index in [1.807, 2.05) is 0 Å². The quantitative estimate of drug-likeness (QED) is 0.619. The molecule has 0 bridgehead atoms. The van der Waals surface area contributed by atoms with Crippen molar-refractivity contribution in [3.05, 3.63) is 81.6 Å². The Morgan fingerprint density at radius 3 is 2.44 bits per heavy atom. The Balaban J connectivity index is 2.23. The molecule has 2 aromatic carbocycles. The van der Waals surface area contributed by atoms with Crippen molar-refractivity contribution in [3.8, 4) is 0 Å². The second kappa shape index (κ2) is 7.10. The van der Waals surface area contributed by atoms with Crippen LogP contribution in [0.1, 0.15) is 36.2 Å². The summed E-state index contributed by atoms with van der Waals surface area (Å²) in [6, 6.07) is 10.6. The second-order valence-electron chi connectivity index (χ2n) is 5.70. The van der Waals surface area contributed by atoms with E-state index in [1.165, 1.54) is 18.5 Å². The second-order valence-corrected chi connectivity index (χ2v) is 6.54. The third-order valence-corrected chi connectivity index (χ3v) is 4.82. The maximum absolute atomic E-state index is 16.2. The molecule has 0 aliphatic carbocycles. The van der Waals surface area contributed by atoms with Gasteiger partial charge in [-0.1, -0.05) is 48.3 Å². The van der Waals surface area contributed by atoms with Gasteiger partial charge in [0.15, 0.2) is 11.5 Å². The van der Waals surface area contributed by atoms with Gasteiger partial charge in [-0.3, -0.25) is 5.10 Å². The first-order chi connectivity index (χ1) is 12.0. The minimum absolute atomic E-state index is 0.0929. The van der Waals surface area contributed by atoms with E-state index in [0.29, 0.717) is 21.2 Å². The van der Waals surface area contributed by atoms with E-state index in [9.17, 15) is 4.39 Å². The highest BCUT2D eigenvalue weighted by Gasteiger charge is 2.44. The van der Waals surface area contributed by atoms with E-state index in [4.69, 9.17) is 23.2 Å². The van der Waals surface area contributed by atoms with Crippen LogP contribution in [0.3, 0.4) is 0 Å². The molecule has 1 aromatic heterocycles. The van der Waals surface area contributed by atoms with Gasteiger partial charge in [-0.05, 0) is 41.8 Å². The molecule has 0 aliphatic rings. The molecule has 7 heteroatoms. The molecule has 2 unspecified atom stereocenters. The van der Waals surface area contributed by atoms with E-state index in [2.05, 4.69) is 15.2 Å². The first-order valence-electron chi connectivity index (χ1n) is 7.71. The molecule has 0 amide bonds. The van der Waals surface area contributed by atoms with Gasteiger partial charge in [-0.2, -0.15) is 5.10 Å². The molecular weight excluding hydrogens is 367 g/mol. The van der Waals surface area contributed by atoms with Crippen LogP contribution in [-0.2, 0) is 5.67 Å². The van der Waals surface area contributed by atoms with Crippen LogP contribution in [0, 0.1) is 5.82 Å². The van der Waals surface area contributed by atoms with E-state index in [0.717, 1.165) is 0 Å². The lowest BCUT2D eigenvalue weighted by Crippen LogP contribution is -2.31. The number of aromatic amines is 1. The fourth-order valence-corrected chi connectivity index (χ4v) is 3.51. The van der Waals surface area contributed by atoms with Crippen LogP contribution in [0.5, 0.6) is 0 Å². The maximum atomic E-state index is 16.2. The number of hydrogen-bond donors (Lipinski definition) is 1. The van der Waals surface area contributed by atoms with Crippen LogP contribution in [-0.4, -0.2) is 15.2 Å². The first-order valence-corrected chi connectivity index (χ1v) is 8.46. The molecule has 0 saturated carbocycles. The third-order valence-electron chi connectivity index (χ3n) is 4.26. The molecule has 3 aromatic rings. The minimum Gasteiger partial charge on any atom is -0.261 e. The summed E-state index contributed by atoms with van der Waals surface area (Å²) in [5, 5.41) is 7.16. The Kier molecular flexibility index (Phi) is 5.06. The van der Waals surface area contributed by atoms with E-state index in [1.54, 1.807) is 37.3 Å². The lowest BCUT2D eigenvalue weighted by atomic mass is 9.76. The molecule has 130 valence electrons. The Hall–Kier alpha value is -1.98. The number of H-pyrrole nitrogens is 1. The van der Waals surface area contributed by atoms with Gasteiger partial charge in [0.25, 0.3) is 0 Å². The van der Waals surface area contributed by atoms with Crippen LogP contribution in [0.2, 0.25) is 10.0 Å². The highest BCUT2D eigenvalue weighted by molar-refractivity contribution is 6.35. The van der Waals surface area contributed by atoms with E-state index in [-0.39, 0.29) is 12.2 Å².